The van der Waals surface area contributed by atoms with Gasteiger partial charge in [-0.2, -0.15) is 4.31 Å². The molecule has 1 fully saturated rings. The maximum Gasteiger partial charge on any atom is 0.251 e. The van der Waals surface area contributed by atoms with Gasteiger partial charge in [0.15, 0.2) is 0 Å². The Balaban J connectivity index is 1.97. The third kappa shape index (κ3) is 5.29. The van der Waals surface area contributed by atoms with Gasteiger partial charge in [-0.3, -0.25) is 4.79 Å². The highest BCUT2D eigenvalue weighted by Gasteiger charge is 2.24. The molecule has 0 saturated carbocycles. The molecule has 0 aromatic heterocycles. The quantitative estimate of drug-likeness (QED) is 0.810. The molecule has 24 heavy (non-hydrogen) atoms. The number of amides is 1. The van der Waals surface area contributed by atoms with E-state index < -0.39 is 10.0 Å². The van der Waals surface area contributed by atoms with E-state index >= 15 is 0 Å². The minimum Gasteiger partial charge on any atom is -0.379 e. The van der Waals surface area contributed by atoms with Crippen molar-refractivity contribution in [1.29, 1.82) is 0 Å². The second-order valence-corrected chi connectivity index (χ2v) is 8.10. The third-order valence-electron chi connectivity index (χ3n) is 4.03. The zero-order valence-electron chi connectivity index (χ0n) is 14.3. The second kappa shape index (κ2) is 8.60. The van der Waals surface area contributed by atoms with Crippen LogP contribution in [0.5, 0.6) is 0 Å². The van der Waals surface area contributed by atoms with Gasteiger partial charge in [-0.25, -0.2) is 8.42 Å². The lowest BCUT2D eigenvalue weighted by atomic mass is 10.1. The van der Waals surface area contributed by atoms with Crippen molar-refractivity contribution in [1.82, 2.24) is 9.62 Å². The minimum absolute atomic E-state index is 0.0544. The van der Waals surface area contributed by atoms with E-state index in [1.54, 1.807) is 24.3 Å². The number of nitrogens with one attached hydrogen (secondary N) is 1. The molecule has 1 heterocycles. The Morgan fingerprint density at radius 3 is 2.46 bits per heavy atom. The summed E-state index contributed by atoms with van der Waals surface area (Å²) in [7, 11) is -3.34. The van der Waals surface area contributed by atoms with E-state index in [9.17, 15) is 13.2 Å². The number of nitrogens with zero attached hydrogens (tertiary/aromatic N) is 1. The molecule has 0 spiro atoms. The molecule has 2 rings (SSSR count). The lowest BCUT2D eigenvalue weighted by Gasteiger charge is -2.26. The van der Waals surface area contributed by atoms with Gasteiger partial charge < -0.3 is 10.1 Å². The molecule has 1 N–H and O–H groups in total. The number of sulfonamides is 1. The fraction of sp³-hybridized carbons (Fsp3) is 0.588. The van der Waals surface area contributed by atoms with Crippen molar-refractivity contribution >= 4 is 15.9 Å². The Morgan fingerprint density at radius 1 is 1.25 bits per heavy atom. The first-order valence-electron chi connectivity index (χ1n) is 8.37. The Hall–Kier alpha value is -1.44. The molecule has 1 aliphatic heterocycles. The molecule has 0 aliphatic carbocycles. The summed E-state index contributed by atoms with van der Waals surface area (Å²) < 4.78 is 31.4. The topological polar surface area (TPSA) is 75.7 Å². The maximum atomic E-state index is 12.4. The SMILES string of the molecule is CCC[C@@H](C)NC(=O)c1ccc(CS(=O)(=O)N2CCOCC2)cc1. The molecule has 1 aromatic carbocycles. The maximum absolute atomic E-state index is 12.4. The van der Waals surface area contributed by atoms with Gasteiger partial charge in [0.1, 0.15) is 0 Å². The van der Waals surface area contributed by atoms with E-state index in [4.69, 9.17) is 4.74 Å². The largest absolute Gasteiger partial charge is 0.379 e. The van der Waals surface area contributed by atoms with Crippen molar-refractivity contribution in [2.24, 2.45) is 0 Å². The predicted octanol–water partition coefficient (Wildman–Crippen LogP) is 1.77. The van der Waals surface area contributed by atoms with Crippen molar-refractivity contribution in [3.8, 4) is 0 Å². The molecule has 1 saturated heterocycles. The van der Waals surface area contributed by atoms with Gasteiger partial charge in [-0.15, -0.1) is 0 Å². The van der Waals surface area contributed by atoms with Crippen LogP contribution in [0.25, 0.3) is 0 Å². The number of carbonyl (C=O) groups is 1. The molecule has 0 bridgehead atoms. The summed E-state index contributed by atoms with van der Waals surface area (Å²) in [6, 6.07) is 6.90. The molecule has 0 unspecified atom stereocenters. The molecule has 6 nitrogen and oxygen atoms in total. The van der Waals surface area contributed by atoms with Crippen LogP contribution in [0.2, 0.25) is 0 Å². The van der Waals surface area contributed by atoms with Crippen molar-refractivity contribution in [2.45, 2.75) is 38.5 Å². The highest BCUT2D eigenvalue weighted by molar-refractivity contribution is 7.88. The van der Waals surface area contributed by atoms with Gasteiger partial charge in [0.25, 0.3) is 5.91 Å². The number of morpholine rings is 1. The fourth-order valence-corrected chi connectivity index (χ4v) is 4.19. The number of carbonyl (C=O) groups excluding carboxylic acids is 1. The summed E-state index contributed by atoms with van der Waals surface area (Å²) in [6.07, 6.45) is 1.95. The second-order valence-electron chi connectivity index (χ2n) is 6.13. The summed E-state index contributed by atoms with van der Waals surface area (Å²) in [4.78, 5) is 12.1. The first-order chi connectivity index (χ1) is 11.4. The first kappa shape index (κ1) is 18.9. The predicted molar refractivity (Wildman–Crippen MR) is 93.3 cm³/mol. The van der Waals surface area contributed by atoms with Gasteiger partial charge >= 0.3 is 0 Å². The Bertz CT molecular complexity index is 637. The van der Waals surface area contributed by atoms with E-state index in [0.29, 0.717) is 37.4 Å². The van der Waals surface area contributed by atoms with Crippen molar-refractivity contribution in [3.63, 3.8) is 0 Å². The Labute approximate surface area is 144 Å². The van der Waals surface area contributed by atoms with Crippen LogP contribution in [-0.4, -0.2) is 51.0 Å². The van der Waals surface area contributed by atoms with Gasteiger partial charge in [0, 0.05) is 24.7 Å². The van der Waals surface area contributed by atoms with Crippen LogP contribution in [0, 0.1) is 0 Å². The molecule has 1 aliphatic rings. The van der Waals surface area contributed by atoms with Gasteiger partial charge in [-0.1, -0.05) is 25.5 Å². The number of hydrogen-bond acceptors (Lipinski definition) is 4. The Morgan fingerprint density at radius 2 is 1.88 bits per heavy atom. The summed E-state index contributed by atoms with van der Waals surface area (Å²) >= 11 is 0. The monoisotopic (exact) mass is 354 g/mol. The van der Waals surface area contributed by atoms with Crippen LogP contribution < -0.4 is 5.32 Å². The van der Waals surface area contributed by atoms with Gasteiger partial charge in [0.05, 0.1) is 19.0 Å². The normalized spacial score (nSPS) is 17.4. The number of hydrogen-bond donors (Lipinski definition) is 1. The number of ether oxygens (including phenoxy) is 1. The smallest absolute Gasteiger partial charge is 0.251 e. The van der Waals surface area contributed by atoms with Crippen molar-refractivity contribution in [2.75, 3.05) is 26.3 Å². The Kier molecular flexibility index (Phi) is 6.77. The molecule has 7 heteroatoms. The van der Waals surface area contributed by atoms with Crippen molar-refractivity contribution in [3.05, 3.63) is 35.4 Å². The van der Waals surface area contributed by atoms with E-state index in [2.05, 4.69) is 12.2 Å². The van der Waals surface area contributed by atoms with Gasteiger partial charge in [0.2, 0.25) is 10.0 Å². The highest BCUT2D eigenvalue weighted by atomic mass is 32.2. The van der Waals surface area contributed by atoms with E-state index in [0.717, 1.165) is 12.8 Å². The number of benzene rings is 1. The first-order valence-corrected chi connectivity index (χ1v) is 9.98. The summed E-state index contributed by atoms with van der Waals surface area (Å²) in [6.45, 7) is 5.73. The number of rotatable bonds is 7. The molecule has 1 aromatic rings. The summed E-state index contributed by atoms with van der Waals surface area (Å²) in [5.74, 6) is -0.181. The average Bonchev–Trinajstić information content (AvgIpc) is 2.56. The van der Waals surface area contributed by atoms with Crippen LogP contribution in [0.1, 0.15) is 42.6 Å². The van der Waals surface area contributed by atoms with E-state index in [1.807, 2.05) is 6.92 Å². The van der Waals surface area contributed by atoms with Crippen molar-refractivity contribution < 1.29 is 17.9 Å². The zero-order chi connectivity index (χ0) is 17.6. The summed E-state index contributed by atoms with van der Waals surface area (Å²) in [5, 5.41) is 2.94. The molecule has 134 valence electrons. The molecular formula is C17H26N2O4S. The third-order valence-corrected chi connectivity index (χ3v) is 5.88. The molecule has 1 amide bonds. The van der Waals surface area contributed by atoms with Crippen LogP contribution in [0.15, 0.2) is 24.3 Å². The average molecular weight is 354 g/mol. The van der Waals surface area contributed by atoms with Gasteiger partial charge in [-0.05, 0) is 31.0 Å². The molecular weight excluding hydrogens is 328 g/mol. The summed E-state index contributed by atoms with van der Waals surface area (Å²) in [5.41, 5.74) is 1.23. The highest BCUT2D eigenvalue weighted by Crippen LogP contribution is 2.14. The fourth-order valence-electron chi connectivity index (χ4n) is 2.69. The molecule has 1 atom stereocenters. The lowest BCUT2D eigenvalue weighted by molar-refractivity contribution is 0.0729. The van der Waals surface area contributed by atoms with Crippen LogP contribution in [0.3, 0.4) is 0 Å². The minimum atomic E-state index is -3.34. The van der Waals surface area contributed by atoms with E-state index in [1.165, 1.54) is 4.31 Å². The zero-order valence-corrected chi connectivity index (χ0v) is 15.1. The van der Waals surface area contributed by atoms with Crippen LogP contribution in [0.4, 0.5) is 0 Å². The van der Waals surface area contributed by atoms with E-state index in [-0.39, 0.29) is 17.7 Å². The standard InChI is InChI=1S/C17H26N2O4S/c1-3-4-14(2)18-17(20)16-7-5-15(6-8-16)13-24(21,22)19-9-11-23-12-10-19/h5-8,14H,3-4,9-13H2,1-2H3,(H,18,20)/t14-/m1/s1. The van der Waals surface area contributed by atoms with Crippen LogP contribution in [-0.2, 0) is 20.5 Å². The van der Waals surface area contributed by atoms with Crippen LogP contribution >= 0.6 is 0 Å². The molecule has 0 radical (unpaired) electrons. The lowest BCUT2D eigenvalue weighted by Crippen LogP contribution is -2.41.